The molecule has 160 valence electrons. The Hall–Kier alpha value is -2.96. The summed E-state index contributed by atoms with van der Waals surface area (Å²) in [7, 11) is 0. The maximum absolute atomic E-state index is 12.6. The average molecular weight is 412 g/mol. The van der Waals surface area contributed by atoms with Crippen molar-refractivity contribution in [3.05, 3.63) is 41.0 Å². The van der Waals surface area contributed by atoms with E-state index in [1.54, 1.807) is 0 Å². The van der Waals surface area contributed by atoms with Crippen molar-refractivity contribution in [1.82, 2.24) is 4.90 Å². The molecule has 1 saturated heterocycles. The van der Waals surface area contributed by atoms with Crippen LogP contribution in [0, 0.1) is 32.6 Å². The zero-order valence-electron chi connectivity index (χ0n) is 18.0. The molecule has 0 bridgehead atoms. The van der Waals surface area contributed by atoms with E-state index in [0.29, 0.717) is 18.5 Å². The molecule has 2 aliphatic rings. The number of fused-ring (bicyclic) bond motifs is 1. The number of hydrogen-bond acceptors (Lipinski definition) is 5. The number of imide groups is 1. The third-order valence-corrected chi connectivity index (χ3v) is 5.86. The van der Waals surface area contributed by atoms with E-state index in [0.717, 1.165) is 21.6 Å². The molecule has 1 aromatic carbocycles. The standard InChI is InChI=1S/C23H28N2O5/c1-12-10-13(2)19(14(3)11-12)24-20(26)16(5)30-23(29)15(4)25-21(27)17-8-6-7-9-18(17)22(25)28/h6-7,10-11,15-18H,8-9H2,1-5H3,(H,24,26)/t15-,16-,17+,18+/m0/s1. The minimum atomic E-state index is -1.08. The predicted octanol–water partition coefficient (Wildman–Crippen LogP) is 2.82. The molecular formula is C23H28N2O5. The number of rotatable bonds is 5. The third-order valence-electron chi connectivity index (χ3n) is 5.86. The molecule has 1 heterocycles. The lowest BCUT2D eigenvalue weighted by molar-refractivity contribution is -0.163. The Morgan fingerprint density at radius 1 is 1.00 bits per heavy atom. The quantitative estimate of drug-likeness (QED) is 0.456. The lowest BCUT2D eigenvalue weighted by atomic mass is 9.85. The van der Waals surface area contributed by atoms with Crippen molar-refractivity contribution >= 4 is 29.4 Å². The highest BCUT2D eigenvalue weighted by Gasteiger charge is 2.50. The van der Waals surface area contributed by atoms with E-state index in [4.69, 9.17) is 4.74 Å². The molecule has 1 aliphatic heterocycles. The second-order valence-electron chi connectivity index (χ2n) is 8.22. The molecule has 30 heavy (non-hydrogen) atoms. The number of nitrogens with zero attached hydrogens (tertiary/aromatic N) is 1. The van der Waals surface area contributed by atoms with Crippen LogP contribution in [0.15, 0.2) is 24.3 Å². The number of likely N-dealkylation sites (tertiary alicyclic amines) is 1. The van der Waals surface area contributed by atoms with Crippen LogP contribution in [0.25, 0.3) is 0 Å². The zero-order chi connectivity index (χ0) is 22.2. The van der Waals surface area contributed by atoms with E-state index in [-0.39, 0.29) is 11.8 Å². The van der Waals surface area contributed by atoms with Gasteiger partial charge in [0, 0.05) is 5.69 Å². The molecule has 0 spiro atoms. The Kier molecular flexibility index (Phi) is 6.10. The molecule has 0 unspecified atom stereocenters. The molecule has 1 aliphatic carbocycles. The third kappa shape index (κ3) is 4.01. The summed E-state index contributed by atoms with van der Waals surface area (Å²) in [6.07, 6.45) is 3.71. The van der Waals surface area contributed by atoms with Crippen molar-refractivity contribution in [2.75, 3.05) is 5.32 Å². The molecular weight excluding hydrogens is 384 g/mol. The largest absolute Gasteiger partial charge is 0.451 e. The summed E-state index contributed by atoms with van der Waals surface area (Å²) >= 11 is 0. The SMILES string of the molecule is Cc1cc(C)c(NC(=O)[C@H](C)OC(=O)[C@H](C)N2C(=O)[C@@H]3CC=CC[C@H]3C2=O)c(C)c1. The Bertz CT molecular complexity index is 887. The number of allylic oxidation sites excluding steroid dienone is 2. The Morgan fingerprint density at radius 3 is 2.00 bits per heavy atom. The lowest BCUT2D eigenvalue weighted by Gasteiger charge is -2.23. The van der Waals surface area contributed by atoms with Crippen LogP contribution >= 0.6 is 0 Å². The first-order chi connectivity index (χ1) is 14.1. The first kappa shape index (κ1) is 21.7. The lowest BCUT2D eigenvalue weighted by Crippen LogP contribution is -2.46. The van der Waals surface area contributed by atoms with Crippen LogP contribution in [0.3, 0.4) is 0 Å². The topological polar surface area (TPSA) is 92.8 Å². The average Bonchev–Trinajstić information content (AvgIpc) is 2.94. The molecule has 0 saturated carbocycles. The molecule has 1 N–H and O–H groups in total. The van der Waals surface area contributed by atoms with Gasteiger partial charge < -0.3 is 10.1 Å². The number of amides is 3. The highest BCUT2D eigenvalue weighted by Crippen LogP contribution is 2.36. The summed E-state index contributed by atoms with van der Waals surface area (Å²) in [4.78, 5) is 51.5. The normalized spacial score (nSPS) is 22.5. The van der Waals surface area contributed by atoms with E-state index < -0.39 is 35.9 Å². The van der Waals surface area contributed by atoms with Crippen molar-refractivity contribution in [3.8, 4) is 0 Å². The molecule has 1 fully saturated rings. The molecule has 7 heteroatoms. The number of anilines is 1. The number of aryl methyl sites for hydroxylation is 3. The monoisotopic (exact) mass is 412 g/mol. The second kappa shape index (κ2) is 8.42. The molecule has 7 nitrogen and oxygen atoms in total. The Morgan fingerprint density at radius 2 is 1.50 bits per heavy atom. The minimum absolute atomic E-state index is 0.346. The summed E-state index contributed by atoms with van der Waals surface area (Å²) in [6.45, 7) is 8.70. The summed E-state index contributed by atoms with van der Waals surface area (Å²) in [5.41, 5.74) is 3.60. The van der Waals surface area contributed by atoms with Crippen molar-refractivity contribution < 1.29 is 23.9 Å². The van der Waals surface area contributed by atoms with Gasteiger partial charge in [0.25, 0.3) is 5.91 Å². The maximum Gasteiger partial charge on any atom is 0.329 e. The van der Waals surface area contributed by atoms with Gasteiger partial charge in [-0.25, -0.2) is 4.79 Å². The summed E-state index contributed by atoms with van der Waals surface area (Å²) in [5, 5.41) is 2.81. The van der Waals surface area contributed by atoms with Crippen molar-refractivity contribution in [3.63, 3.8) is 0 Å². The molecule has 4 atom stereocenters. The number of nitrogens with one attached hydrogen (secondary N) is 1. The van der Waals surface area contributed by atoms with Crippen LogP contribution in [-0.4, -0.2) is 40.7 Å². The van der Waals surface area contributed by atoms with Gasteiger partial charge in [-0.05, 0) is 58.6 Å². The Balaban J connectivity index is 1.64. The van der Waals surface area contributed by atoms with Gasteiger partial charge in [0.2, 0.25) is 11.8 Å². The van der Waals surface area contributed by atoms with Gasteiger partial charge in [-0.3, -0.25) is 19.3 Å². The molecule has 1 aromatic rings. The highest BCUT2D eigenvalue weighted by atomic mass is 16.5. The zero-order valence-corrected chi connectivity index (χ0v) is 18.0. The van der Waals surface area contributed by atoms with E-state index in [9.17, 15) is 19.2 Å². The van der Waals surface area contributed by atoms with Gasteiger partial charge in [0.15, 0.2) is 6.10 Å². The highest BCUT2D eigenvalue weighted by molar-refractivity contribution is 6.08. The van der Waals surface area contributed by atoms with Crippen LogP contribution in [0.4, 0.5) is 5.69 Å². The number of esters is 1. The van der Waals surface area contributed by atoms with Crippen LogP contribution in [0.2, 0.25) is 0 Å². The molecule has 3 amide bonds. The first-order valence-corrected chi connectivity index (χ1v) is 10.2. The van der Waals surface area contributed by atoms with Crippen molar-refractivity contribution in [1.29, 1.82) is 0 Å². The molecule has 0 radical (unpaired) electrons. The van der Waals surface area contributed by atoms with Crippen LogP contribution in [-0.2, 0) is 23.9 Å². The number of hydrogen-bond donors (Lipinski definition) is 1. The maximum atomic E-state index is 12.6. The fraction of sp³-hybridized carbons (Fsp3) is 0.478. The van der Waals surface area contributed by atoms with Gasteiger partial charge in [-0.1, -0.05) is 29.8 Å². The van der Waals surface area contributed by atoms with E-state index in [1.807, 2.05) is 45.1 Å². The van der Waals surface area contributed by atoms with E-state index in [1.165, 1.54) is 13.8 Å². The van der Waals surface area contributed by atoms with Gasteiger partial charge in [-0.15, -0.1) is 0 Å². The smallest absolute Gasteiger partial charge is 0.329 e. The summed E-state index contributed by atoms with van der Waals surface area (Å²) < 4.78 is 5.30. The van der Waals surface area contributed by atoms with E-state index in [2.05, 4.69) is 5.32 Å². The number of benzene rings is 1. The van der Waals surface area contributed by atoms with Crippen molar-refractivity contribution in [2.24, 2.45) is 11.8 Å². The molecule has 0 aromatic heterocycles. The van der Waals surface area contributed by atoms with Gasteiger partial charge in [-0.2, -0.15) is 0 Å². The van der Waals surface area contributed by atoms with Gasteiger partial charge in [0.05, 0.1) is 11.8 Å². The fourth-order valence-electron chi connectivity index (χ4n) is 4.24. The van der Waals surface area contributed by atoms with Crippen LogP contribution < -0.4 is 5.32 Å². The summed E-state index contributed by atoms with van der Waals surface area (Å²) in [5.74, 6) is -2.76. The van der Waals surface area contributed by atoms with E-state index >= 15 is 0 Å². The number of carbonyl (C=O) groups is 4. The number of ether oxygens (including phenoxy) is 1. The van der Waals surface area contributed by atoms with Crippen LogP contribution in [0.1, 0.15) is 43.4 Å². The van der Waals surface area contributed by atoms with Crippen molar-refractivity contribution in [2.45, 2.75) is 59.6 Å². The molecule has 3 rings (SSSR count). The number of carbonyl (C=O) groups excluding carboxylic acids is 4. The summed E-state index contributed by atoms with van der Waals surface area (Å²) in [6, 6.07) is 2.84. The van der Waals surface area contributed by atoms with Gasteiger partial charge in [0.1, 0.15) is 6.04 Å². The Labute approximate surface area is 176 Å². The second-order valence-corrected chi connectivity index (χ2v) is 8.22. The minimum Gasteiger partial charge on any atom is -0.451 e. The predicted molar refractivity (Wildman–Crippen MR) is 112 cm³/mol. The fourth-order valence-corrected chi connectivity index (χ4v) is 4.24. The first-order valence-electron chi connectivity index (χ1n) is 10.2. The van der Waals surface area contributed by atoms with Gasteiger partial charge >= 0.3 is 5.97 Å². The van der Waals surface area contributed by atoms with Crippen LogP contribution in [0.5, 0.6) is 0 Å².